The van der Waals surface area contributed by atoms with Crippen molar-refractivity contribution in [2.75, 3.05) is 6.61 Å². The summed E-state index contributed by atoms with van der Waals surface area (Å²) in [6.07, 6.45) is 18.2. The van der Waals surface area contributed by atoms with Gasteiger partial charge in [0.25, 0.3) is 0 Å². The Balaban J connectivity index is 2.30. The lowest BCUT2D eigenvalue weighted by Gasteiger charge is -2.27. The van der Waals surface area contributed by atoms with Crippen LogP contribution in [-0.4, -0.2) is 17.7 Å². The second-order valence-electron chi connectivity index (χ2n) is 12.2. The van der Waals surface area contributed by atoms with Crippen LogP contribution >= 0.6 is 0 Å². The van der Waals surface area contributed by atoms with Crippen molar-refractivity contribution in [1.29, 1.82) is 0 Å². The number of phenolic OH excluding ortho intramolecular Hbond substituents is 1. The van der Waals surface area contributed by atoms with Crippen molar-refractivity contribution < 1.29 is 14.6 Å². The molecule has 0 aliphatic rings. The highest BCUT2D eigenvalue weighted by molar-refractivity contribution is 5.93. The van der Waals surface area contributed by atoms with E-state index in [9.17, 15) is 9.90 Å². The van der Waals surface area contributed by atoms with Crippen LogP contribution in [0.4, 0.5) is 0 Å². The van der Waals surface area contributed by atoms with E-state index in [0.717, 1.165) is 24.0 Å². The molecule has 1 aromatic rings. The van der Waals surface area contributed by atoms with Crippen molar-refractivity contribution in [2.45, 2.75) is 149 Å². The number of hydrogen-bond acceptors (Lipinski definition) is 3. The van der Waals surface area contributed by atoms with Gasteiger partial charge in [0.05, 0.1) is 6.61 Å². The van der Waals surface area contributed by atoms with Crippen LogP contribution in [0.3, 0.4) is 0 Å². The van der Waals surface area contributed by atoms with E-state index >= 15 is 0 Å². The predicted octanol–water partition coefficient (Wildman–Crippen LogP) is 9.63. The fourth-order valence-electron chi connectivity index (χ4n) is 4.33. The number of benzene rings is 1. The van der Waals surface area contributed by atoms with E-state index in [1.165, 1.54) is 77.0 Å². The first-order chi connectivity index (χ1) is 16.0. The van der Waals surface area contributed by atoms with Crippen molar-refractivity contribution >= 4 is 5.97 Å². The molecule has 0 saturated carbocycles. The minimum atomic E-state index is -0.413. The lowest BCUT2D eigenvalue weighted by Crippen LogP contribution is -2.19. The first-order valence-electron chi connectivity index (χ1n) is 14.0. The summed E-state index contributed by atoms with van der Waals surface area (Å²) in [4.78, 5) is 12.8. The Morgan fingerprint density at radius 2 is 1.15 bits per heavy atom. The molecule has 0 heterocycles. The first kappa shape index (κ1) is 30.5. The molecule has 1 aromatic carbocycles. The van der Waals surface area contributed by atoms with Crippen LogP contribution in [0.1, 0.15) is 160 Å². The van der Waals surface area contributed by atoms with E-state index in [4.69, 9.17) is 4.74 Å². The van der Waals surface area contributed by atoms with Crippen molar-refractivity contribution in [3.63, 3.8) is 0 Å². The van der Waals surface area contributed by atoms with Gasteiger partial charge < -0.3 is 9.84 Å². The van der Waals surface area contributed by atoms with Gasteiger partial charge in [-0.05, 0) is 28.9 Å². The molecule has 0 atom stereocenters. The Hall–Kier alpha value is -1.51. The fourth-order valence-corrected chi connectivity index (χ4v) is 4.33. The van der Waals surface area contributed by atoms with Crippen molar-refractivity contribution in [2.24, 2.45) is 0 Å². The standard InChI is InChI=1S/C31H54O3/c1-8-9-10-11-12-13-14-15-16-17-18-19-20-21-22-34-29(33)26-23-25(30(2,3)4)24-27(28(26)32)31(5,6)7/h23-24,32H,8-22H2,1-7H3. The molecule has 196 valence electrons. The number of carbonyl (C=O) groups excluding carboxylic acids is 1. The average molecular weight is 475 g/mol. The number of phenols is 1. The summed E-state index contributed by atoms with van der Waals surface area (Å²) in [6, 6.07) is 3.83. The summed E-state index contributed by atoms with van der Waals surface area (Å²) < 4.78 is 5.55. The minimum Gasteiger partial charge on any atom is -0.507 e. The summed E-state index contributed by atoms with van der Waals surface area (Å²) in [6.45, 7) is 15.2. The van der Waals surface area contributed by atoms with E-state index in [1.807, 2.05) is 6.07 Å². The highest BCUT2D eigenvalue weighted by Crippen LogP contribution is 2.38. The van der Waals surface area contributed by atoms with Gasteiger partial charge in [-0.3, -0.25) is 0 Å². The van der Waals surface area contributed by atoms with Crippen molar-refractivity contribution in [3.8, 4) is 5.75 Å². The molecule has 0 aliphatic carbocycles. The van der Waals surface area contributed by atoms with E-state index in [2.05, 4.69) is 48.5 Å². The maximum absolute atomic E-state index is 12.8. The quantitative estimate of drug-likeness (QED) is 0.191. The Morgan fingerprint density at radius 3 is 1.56 bits per heavy atom. The molecule has 0 saturated heterocycles. The molecule has 34 heavy (non-hydrogen) atoms. The minimum absolute atomic E-state index is 0.0615. The molecule has 3 heteroatoms. The number of unbranched alkanes of at least 4 members (excludes halogenated alkanes) is 13. The van der Waals surface area contributed by atoms with E-state index in [-0.39, 0.29) is 16.6 Å². The number of carbonyl (C=O) groups is 1. The Kier molecular flexibility index (Phi) is 13.9. The second kappa shape index (κ2) is 15.5. The van der Waals surface area contributed by atoms with Crippen LogP contribution in [0.2, 0.25) is 0 Å². The summed E-state index contributed by atoms with van der Waals surface area (Å²) in [5.41, 5.74) is 1.76. The monoisotopic (exact) mass is 474 g/mol. The van der Waals surface area contributed by atoms with Gasteiger partial charge in [0.15, 0.2) is 0 Å². The smallest absolute Gasteiger partial charge is 0.341 e. The van der Waals surface area contributed by atoms with Crippen LogP contribution in [0.5, 0.6) is 5.75 Å². The number of esters is 1. The highest BCUT2D eigenvalue weighted by Gasteiger charge is 2.27. The maximum Gasteiger partial charge on any atom is 0.341 e. The van der Waals surface area contributed by atoms with Gasteiger partial charge in [0, 0.05) is 5.56 Å². The average Bonchev–Trinajstić information content (AvgIpc) is 2.74. The van der Waals surface area contributed by atoms with Crippen molar-refractivity contribution in [3.05, 3.63) is 28.8 Å². The summed E-state index contributed by atoms with van der Waals surface area (Å²) in [5.74, 6) is -0.352. The number of ether oxygens (including phenoxy) is 1. The van der Waals surface area contributed by atoms with Gasteiger partial charge in [-0.1, -0.05) is 138 Å². The van der Waals surface area contributed by atoms with Crippen LogP contribution < -0.4 is 0 Å². The van der Waals surface area contributed by atoms with Gasteiger partial charge in [0.1, 0.15) is 11.3 Å². The second-order valence-corrected chi connectivity index (χ2v) is 12.2. The topological polar surface area (TPSA) is 46.5 Å². The van der Waals surface area contributed by atoms with E-state index < -0.39 is 5.97 Å². The van der Waals surface area contributed by atoms with Gasteiger partial charge in [-0.2, -0.15) is 0 Å². The zero-order valence-corrected chi connectivity index (χ0v) is 23.5. The molecule has 0 amide bonds. The van der Waals surface area contributed by atoms with Gasteiger partial charge in [-0.25, -0.2) is 4.79 Å². The lowest BCUT2D eigenvalue weighted by atomic mass is 9.79. The number of aromatic hydroxyl groups is 1. The molecule has 0 unspecified atom stereocenters. The SMILES string of the molecule is CCCCCCCCCCCCCCCCOC(=O)c1cc(C(C)(C)C)cc(C(C)(C)C)c1O. The third-order valence-corrected chi connectivity index (χ3v) is 6.73. The van der Waals surface area contributed by atoms with Crippen molar-refractivity contribution in [1.82, 2.24) is 0 Å². The Bertz CT molecular complexity index is 707. The predicted molar refractivity (Wildman–Crippen MR) is 146 cm³/mol. The highest BCUT2D eigenvalue weighted by atomic mass is 16.5. The van der Waals surface area contributed by atoms with E-state index in [0.29, 0.717) is 12.2 Å². The molecular formula is C31H54O3. The zero-order valence-electron chi connectivity index (χ0n) is 23.5. The first-order valence-corrected chi connectivity index (χ1v) is 14.0. The molecular weight excluding hydrogens is 420 g/mol. The number of hydrogen-bond donors (Lipinski definition) is 1. The summed E-state index contributed by atoms with van der Waals surface area (Å²) in [5, 5.41) is 10.8. The maximum atomic E-state index is 12.8. The van der Waals surface area contributed by atoms with Crippen LogP contribution in [0, 0.1) is 0 Å². The molecule has 0 fully saturated rings. The lowest BCUT2D eigenvalue weighted by molar-refractivity contribution is 0.0494. The molecule has 0 bridgehead atoms. The molecule has 0 aliphatic heterocycles. The van der Waals surface area contributed by atoms with Gasteiger partial charge >= 0.3 is 5.97 Å². The molecule has 0 aromatic heterocycles. The largest absolute Gasteiger partial charge is 0.507 e. The molecule has 1 N–H and O–H groups in total. The zero-order chi connectivity index (χ0) is 25.6. The fraction of sp³-hybridized carbons (Fsp3) is 0.774. The molecule has 3 nitrogen and oxygen atoms in total. The summed E-state index contributed by atoms with van der Waals surface area (Å²) in [7, 11) is 0. The van der Waals surface area contributed by atoms with Gasteiger partial charge in [-0.15, -0.1) is 0 Å². The third kappa shape index (κ3) is 11.8. The Labute approximate surface area is 211 Å². The molecule has 0 radical (unpaired) electrons. The Morgan fingerprint density at radius 1 is 0.706 bits per heavy atom. The molecule has 1 rings (SSSR count). The third-order valence-electron chi connectivity index (χ3n) is 6.73. The van der Waals surface area contributed by atoms with Crippen LogP contribution in [0.15, 0.2) is 12.1 Å². The number of rotatable bonds is 16. The normalized spacial score (nSPS) is 12.2. The van der Waals surface area contributed by atoms with E-state index in [1.54, 1.807) is 6.07 Å². The van der Waals surface area contributed by atoms with Crippen LogP contribution in [-0.2, 0) is 15.6 Å². The summed E-state index contributed by atoms with van der Waals surface area (Å²) >= 11 is 0. The van der Waals surface area contributed by atoms with Crippen LogP contribution in [0.25, 0.3) is 0 Å². The molecule has 0 spiro atoms. The van der Waals surface area contributed by atoms with Gasteiger partial charge in [0.2, 0.25) is 0 Å².